The predicted octanol–water partition coefficient (Wildman–Crippen LogP) is 2.84. The fourth-order valence-electron chi connectivity index (χ4n) is 1.45. The molecule has 0 aliphatic heterocycles. The summed E-state index contributed by atoms with van der Waals surface area (Å²) in [6.07, 6.45) is 0. The van der Waals surface area contributed by atoms with E-state index in [4.69, 9.17) is 9.47 Å². The lowest BCUT2D eigenvalue weighted by Gasteiger charge is -2.10. The molecule has 0 aliphatic carbocycles. The van der Waals surface area contributed by atoms with Gasteiger partial charge in [-0.15, -0.1) is 0 Å². The normalized spacial score (nSPS) is 11.8. The van der Waals surface area contributed by atoms with Gasteiger partial charge in [-0.3, -0.25) is 4.79 Å². The molecule has 1 rings (SSSR count). The Morgan fingerprint density at radius 2 is 2.06 bits per heavy atom. The van der Waals surface area contributed by atoms with Crippen molar-refractivity contribution in [3.8, 4) is 5.75 Å². The molecule has 0 aliphatic rings. The highest BCUT2D eigenvalue weighted by Crippen LogP contribution is 2.23. The topological polar surface area (TPSA) is 52.6 Å². The first-order chi connectivity index (χ1) is 8.51. The number of methoxy groups -OCH3 is 1. The van der Waals surface area contributed by atoms with Crippen LogP contribution in [0.2, 0.25) is 0 Å². The largest absolute Gasteiger partial charge is 0.496 e. The molecule has 1 atom stereocenters. The van der Waals surface area contributed by atoms with Gasteiger partial charge in [-0.05, 0) is 32.0 Å². The Morgan fingerprint density at radius 3 is 2.56 bits per heavy atom. The van der Waals surface area contributed by atoms with Gasteiger partial charge in [0.25, 0.3) is 0 Å². The smallest absolute Gasteiger partial charge is 0.338 e. The molecule has 0 radical (unpaired) electrons. The second-order valence-corrected chi connectivity index (χ2v) is 4.99. The predicted molar refractivity (Wildman–Crippen MR) is 71.7 cm³/mol. The van der Waals surface area contributed by atoms with Gasteiger partial charge >= 0.3 is 5.97 Å². The lowest BCUT2D eigenvalue weighted by molar-refractivity contribution is 0.0525. The Morgan fingerprint density at radius 1 is 1.39 bits per heavy atom. The number of benzene rings is 1. The van der Waals surface area contributed by atoms with Crippen LogP contribution in [0, 0.1) is 0 Å². The third-order valence-electron chi connectivity index (χ3n) is 2.34. The maximum absolute atomic E-state index is 11.9. The number of halogens is 1. The van der Waals surface area contributed by atoms with Gasteiger partial charge in [-0.1, -0.05) is 15.9 Å². The Kier molecular flexibility index (Phi) is 5.34. The van der Waals surface area contributed by atoms with Crippen molar-refractivity contribution >= 4 is 27.7 Å². The van der Waals surface area contributed by atoms with Crippen LogP contribution in [-0.4, -0.2) is 30.3 Å². The maximum atomic E-state index is 11.9. The zero-order valence-electron chi connectivity index (χ0n) is 10.5. The SMILES string of the molecule is CCOC(=O)c1ccc(C(=O)C(C)Br)c(OC)c1. The van der Waals surface area contributed by atoms with E-state index in [0.29, 0.717) is 23.5 Å². The number of alkyl halides is 1. The zero-order chi connectivity index (χ0) is 13.7. The fraction of sp³-hybridized carbons (Fsp3) is 0.385. The number of rotatable bonds is 5. The molecule has 98 valence electrons. The highest BCUT2D eigenvalue weighted by Gasteiger charge is 2.18. The molecule has 0 spiro atoms. The monoisotopic (exact) mass is 314 g/mol. The first kappa shape index (κ1) is 14.7. The van der Waals surface area contributed by atoms with E-state index in [0.717, 1.165) is 0 Å². The molecule has 0 saturated heterocycles. The van der Waals surface area contributed by atoms with Crippen LogP contribution in [0.5, 0.6) is 5.75 Å². The van der Waals surface area contributed by atoms with Crippen molar-refractivity contribution in [1.29, 1.82) is 0 Å². The molecule has 1 unspecified atom stereocenters. The highest BCUT2D eigenvalue weighted by atomic mass is 79.9. The van der Waals surface area contributed by atoms with Gasteiger partial charge in [0.15, 0.2) is 5.78 Å². The van der Waals surface area contributed by atoms with E-state index in [1.54, 1.807) is 26.0 Å². The molecule has 0 N–H and O–H groups in total. The molecule has 1 aromatic rings. The van der Waals surface area contributed by atoms with E-state index < -0.39 is 5.97 Å². The molecular weight excluding hydrogens is 300 g/mol. The lowest BCUT2D eigenvalue weighted by Crippen LogP contribution is -2.12. The molecule has 4 nitrogen and oxygen atoms in total. The molecule has 0 amide bonds. The minimum atomic E-state index is -0.429. The summed E-state index contributed by atoms with van der Waals surface area (Å²) in [6.45, 7) is 3.78. The average molecular weight is 315 g/mol. The molecule has 0 fully saturated rings. The van der Waals surface area contributed by atoms with E-state index >= 15 is 0 Å². The van der Waals surface area contributed by atoms with Gasteiger partial charge < -0.3 is 9.47 Å². The summed E-state index contributed by atoms with van der Waals surface area (Å²) in [7, 11) is 1.46. The van der Waals surface area contributed by atoms with Crippen LogP contribution in [0.4, 0.5) is 0 Å². The van der Waals surface area contributed by atoms with Crippen LogP contribution in [0.15, 0.2) is 18.2 Å². The quantitative estimate of drug-likeness (QED) is 0.476. The van der Waals surface area contributed by atoms with E-state index in [-0.39, 0.29) is 10.6 Å². The molecule has 5 heteroatoms. The number of carbonyl (C=O) groups is 2. The Hall–Kier alpha value is -1.36. The zero-order valence-corrected chi connectivity index (χ0v) is 12.1. The van der Waals surface area contributed by atoms with E-state index in [9.17, 15) is 9.59 Å². The van der Waals surface area contributed by atoms with Crippen LogP contribution in [0.25, 0.3) is 0 Å². The number of esters is 1. The first-order valence-corrected chi connectivity index (χ1v) is 6.46. The number of hydrogen-bond donors (Lipinski definition) is 0. The fourth-order valence-corrected chi connectivity index (χ4v) is 1.70. The number of hydrogen-bond acceptors (Lipinski definition) is 4. The summed E-state index contributed by atoms with van der Waals surface area (Å²) in [5.74, 6) is -0.152. The van der Waals surface area contributed by atoms with Crippen LogP contribution in [0.1, 0.15) is 34.6 Å². The molecule has 0 bridgehead atoms. The Bertz CT molecular complexity index is 454. The number of ether oxygens (including phenoxy) is 2. The third kappa shape index (κ3) is 3.32. The van der Waals surface area contributed by atoms with Crippen LogP contribution in [0.3, 0.4) is 0 Å². The summed E-state index contributed by atoms with van der Waals surface area (Å²) < 4.78 is 10.0. The number of Topliss-reactive ketones (excluding diaryl/α,β-unsaturated/α-hetero) is 1. The summed E-state index contributed by atoms with van der Waals surface area (Å²) in [6, 6.07) is 4.65. The standard InChI is InChI=1S/C13H15BrO4/c1-4-18-13(16)9-5-6-10(11(7-9)17-3)12(15)8(2)14/h5-8H,4H2,1-3H3. The lowest BCUT2D eigenvalue weighted by atomic mass is 10.0. The minimum absolute atomic E-state index is 0.0951. The van der Waals surface area contributed by atoms with Crippen molar-refractivity contribution in [3.63, 3.8) is 0 Å². The van der Waals surface area contributed by atoms with Crippen LogP contribution >= 0.6 is 15.9 Å². The third-order valence-corrected chi connectivity index (χ3v) is 2.76. The van der Waals surface area contributed by atoms with E-state index in [1.165, 1.54) is 13.2 Å². The van der Waals surface area contributed by atoms with Gasteiger partial charge in [0, 0.05) is 0 Å². The minimum Gasteiger partial charge on any atom is -0.496 e. The van der Waals surface area contributed by atoms with E-state index in [1.807, 2.05) is 0 Å². The molecular formula is C13H15BrO4. The van der Waals surface area contributed by atoms with Crippen molar-refractivity contribution in [2.24, 2.45) is 0 Å². The second kappa shape index (κ2) is 6.54. The molecule has 0 aromatic heterocycles. The number of carbonyl (C=O) groups excluding carboxylic acids is 2. The van der Waals surface area contributed by atoms with Crippen molar-refractivity contribution in [1.82, 2.24) is 0 Å². The highest BCUT2D eigenvalue weighted by molar-refractivity contribution is 9.10. The molecule has 0 saturated carbocycles. The molecule has 18 heavy (non-hydrogen) atoms. The van der Waals surface area contributed by atoms with Gasteiger partial charge in [0.05, 0.1) is 29.7 Å². The summed E-state index contributed by atoms with van der Waals surface area (Å²) in [4.78, 5) is 23.1. The van der Waals surface area contributed by atoms with Crippen LogP contribution < -0.4 is 4.74 Å². The summed E-state index contributed by atoms with van der Waals surface area (Å²) >= 11 is 3.22. The Balaban J connectivity index is 3.11. The van der Waals surface area contributed by atoms with Gasteiger partial charge in [0.1, 0.15) is 5.75 Å². The maximum Gasteiger partial charge on any atom is 0.338 e. The second-order valence-electron chi connectivity index (χ2n) is 3.62. The van der Waals surface area contributed by atoms with Gasteiger partial charge in [0.2, 0.25) is 0 Å². The summed E-state index contributed by atoms with van der Waals surface area (Å²) in [5.41, 5.74) is 0.808. The molecule has 0 heterocycles. The van der Waals surface area contributed by atoms with Crippen molar-refractivity contribution in [2.45, 2.75) is 18.7 Å². The van der Waals surface area contributed by atoms with E-state index in [2.05, 4.69) is 15.9 Å². The van der Waals surface area contributed by atoms with Crippen molar-refractivity contribution < 1.29 is 19.1 Å². The van der Waals surface area contributed by atoms with Crippen molar-refractivity contribution in [2.75, 3.05) is 13.7 Å². The van der Waals surface area contributed by atoms with Crippen molar-refractivity contribution in [3.05, 3.63) is 29.3 Å². The van der Waals surface area contributed by atoms with Gasteiger partial charge in [-0.2, -0.15) is 0 Å². The summed E-state index contributed by atoms with van der Waals surface area (Å²) in [5, 5.41) is 0. The first-order valence-electron chi connectivity index (χ1n) is 5.54. The van der Waals surface area contributed by atoms with Gasteiger partial charge in [-0.25, -0.2) is 4.79 Å². The number of ketones is 1. The molecule has 1 aromatic carbocycles. The Labute approximate surface area is 114 Å². The average Bonchev–Trinajstić information content (AvgIpc) is 2.37. The van der Waals surface area contributed by atoms with Crippen LogP contribution in [-0.2, 0) is 4.74 Å².